The van der Waals surface area contributed by atoms with Crippen LogP contribution < -0.4 is 5.73 Å². The lowest BCUT2D eigenvalue weighted by atomic mass is 9.63. The maximum atomic E-state index is 12.4. The number of nitrogens with zero attached hydrogens (tertiary/aromatic N) is 2. The molecule has 1 fully saturated rings. The normalized spacial score (nSPS) is 32.3. The molecule has 1 saturated carbocycles. The highest BCUT2D eigenvalue weighted by atomic mass is 16.1. The molecule has 21 heavy (non-hydrogen) atoms. The predicted octanol–water partition coefficient (Wildman–Crippen LogP) is 2.44. The summed E-state index contributed by atoms with van der Waals surface area (Å²) in [5.41, 5.74) is 8.27. The van der Waals surface area contributed by atoms with Crippen LogP contribution in [0, 0.1) is 5.41 Å². The average molecular weight is 281 g/mol. The fourth-order valence-electron chi connectivity index (χ4n) is 4.59. The van der Waals surface area contributed by atoms with E-state index >= 15 is 0 Å². The summed E-state index contributed by atoms with van der Waals surface area (Å²) >= 11 is 0. The lowest BCUT2D eigenvalue weighted by Crippen LogP contribution is -2.49. The van der Waals surface area contributed by atoms with Gasteiger partial charge in [-0.25, -0.2) is 9.97 Å². The number of carbonyl (C=O) groups excluding carboxylic acids is 1. The molecule has 1 amide bonds. The highest BCUT2D eigenvalue weighted by Crippen LogP contribution is 2.69. The zero-order valence-corrected chi connectivity index (χ0v) is 12.6. The van der Waals surface area contributed by atoms with E-state index in [1.807, 2.05) is 24.3 Å². The van der Waals surface area contributed by atoms with Crippen LogP contribution in [0.1, 0.15) is 45.0 Å². The van der Waals surface area contributed by atoms with Crippen LogP contribution in [-0.4, -0.2) is 15.9 Å². The number of nitrogens with two attached hydrogens (primary N) is 1. The Labute approximate surface area is 123 Å². The Kier molecular flexibility index (Phi) is 2.08. The van der Waals surface area contributed by atoms with Crippen molar-refractivity contribution in [1.29, 1.82) is 0 Å². The van der Waals surface area contributed by atoms with Gasteiger partial charge in [-0.05, 0) is 30.4 Å². The number of benzene rings is 1. The van der Waals surface area contributed by atoms with Crippen LogP contribution in [-0.2, 0) is 15.6 Å². The highest BCUT2D eigenvalue weighted by molar-refractivity contribution is 5.91. The molecule has 2 aliphatic carbocycles. The van der Waals surface area contributed by atoms with Gasteiger partial charge in [-0.2, -0.15) is 0 Å². The SMILES string of the molecule is CC1(C)[C@]2(C)CC[C@@]1(C(N)=O)c1nc3ccccc3nc12. The van der Waals surface area contributed by atoms with Crippen LogP contribution in [0.15, 0.2) is 24.3 Å². The fraction of sp³-hybridized carbons (Fsp3) is 0.471. The quantitative estimate of drug-likeness (QED) is 0.873. The van der Waals surface area contributed by atoms with Gasteiger partial charge in [0.15, 0.2) is 0 Å². The van der Waals surface area contributed by atoms with Crippen molar-refractivity contribution in [1.82, 2.24) is 9.97 Å². The van der Waals surface area contributed by atoms with Crippen LogP contribution in [0.2, 0.25) is 0 Å². The van der Waals surface area contributed by atoms with Crippen molar-refractivity contribution >= 4 is 16.9 Å². The summed E-state index contributed by atoms with van der Waals surface area (Å²) in [4.78, 5) is 22.1. The summed E-state index contributed by atoms with van der Waals surface area (Å²) in [5.74, 6) is -0.264. The van der Waals surface area contributed by atoms with Gasteiger partial charge in [0.25, 0.3) is 0 Å². The Hall–Kier alpha value is -1.97. The maximum Gasteiger partial charge on any atom is 0.230 e. The Morgan fingerprint density at radius 1 is 1.05 bits per heavy atom. The highest BCUT2D eigenvalue weighted by Gasteiger charge is 2.72. The number of hydrogen-bond donors (Lipinski definition) is 1. The predicted molar refractivity (Wildman–Crippen MR) is 80.8 cm³/mol. The molecule has 2 aromatic rings. The van der Waals surface area contributed by atoms with Crippen LogP contribution in [0.3, 0.4) is 0 Å². The van der Waals surface area contributed by atoms with Crippen molar-refractivity contribution in [2.45, 2.75) is 44.4 Å². The van der Waals surface area contributed by atoms with Gasteiger partial charge in [0, 0.05) is 5.41 Å². The lowest BCUT2D eigenvalue weighted by Gasteiger charge is -2.38. The number of rotatable bonds is 1. The van der Waals surface area contributed by atoms with Gasteiger partial charge in [0.2, 0.25) is 5.91 Å². The van der Waals surface area contributed by atoms with Crippen molar-refractivity contribution in [3.8, 4) is 0 Å². The minimum atomic E-state index is -0.686. The molecule has 1 aromatic heterocycles. The smallest absolute Gasteiger partial charge is 0.230 e. The molecule has 108 valence electrons. The first kappa shape index (κ1) is 12.7. The summed E-state index contributed by atoms with van der Waals surface area (Å²) in [6.07, 6.45) is 1.70. The third kappa shape index (κ3) is 1.13. The molecule has 1 aromatic carbocycles. The van der Waals surface area contributed by atoms with E-state index in [1.165, 1.54) is 0 Å². The van der Waals surface area contributed by atoms with Crippen LogP contribution >= 0.6 is 0 Å². The molecule has 0 unspecified atom stereocenters. The first-order valence-electron chi connectivity index (χ1n) is 7.42. The topological polar surface area (TPSA) is 68.9 Å². The van der Waals surface area contributed by atoms with E-state index in [2.05, 4.69) is 20.8 Å². The monoisotopic (exact) mass is 281 g/mol. The standard InChI is InChI=1S/C17H19N3O/c1-15(2)16(3)8-9-17(15,14(18)21)13-12(16)19-10-6-4-5-7-11(10)20-13/h4-7H,8-9H2,1-3H3,(H2,18,21)/t16-,17+/m1/s1. The average Bonchev–Trinajstić information content (AvgIpc) is 2.74. The molecular weight excluding hydrogens is 262 g/mol. The maximum absolute atomic E-state index is 12.4. The van der Waals surface area contributed by atoms with Crippen LogP contribution in [0.25, 0.3) is 11.0 Å². The number of para-hydroxylation sites is 2. The summed E-state index contributed by atoms with van der Waals surface area (Å²) < 4.78 is 0. The van der Waals surface area contributed by atoms with E-state index < -0.39 is 5.41 Å². The second-order valence-electron chi connectivity index (χ2n) is 7.14. The lowest BCUT2D eigenvalue weighted by molar-refractivity contribution is -0.127. The first-order valence-corrected chi connectivity index (χ1v) is 7.42. The molecule has 0 saturated heterocycles. The molecule has 0 radical (unpaired) electrons. The van der Waals surface area contributed by atoms with Crippen molar-refractivity contribution < 1.29 is 4.79 Å². The van der Waals surface area contributed by atoms with Gasteiger partial charge in [-0.1, -0.05) is 32.9 Å². The third-order valence-corrected chi connectivity index (χ3v) is 6.36. The van der Waals surface area contributed by atoms with Gasteiger partial charge in [0.1, 0.15) is 0 Å². The second kappa shape index (κ2) is 3.43. The molecule has 2 aliphatic rings. The zero-order valence-electron chi connectivity index (χ0n) is 12.6. The molecule has 0 aliphatic heterocycles. The zero-order chi connectivity index (χ0) is 15.0. The molecular formula is C17H19N3O. The van der Waals surface area contributed by atoms with Gasteiger partial charge in [-0.3, -0.25) is 4.79 Å². The number of aromatic nitrogens is 2. The van der Waals surface area contributed by atoms with E-state index in [1.54, 1.807) is 0 Å². The Bertz CT molecular complexity index is 798. The summed E-state index contributed by atoms with van der Waals surface area (Å²) in [6, 6.07) is 7.83. The number of hydrogen-bond acceptors (Lipinski definition) is 3. The van der Waals surface area contributed by atoms with E-state index in [0.29, 0.717) is 0 Å². The van der Waals surface area contributed by atoms with Crippen molar-refractivity contribution in [2.24, 2.45) is 11.1 Å². The van der Waals surface area contributed by atoms with E-state index in [9.17, 15) is 4.79 Å². The largest absolute Gasteiger partial charge is 0.369 e. The number of fused-ring (bicyclic) bond motifs is 6. The van der Waals surface area contributed by atoms with E-state index in [4.69, 9.17) is 15.7 Å². The summed E-state index contributed by atoms with van der Waals surface area (Å²) in [6.45, 7) is 6.48. The number of primary amides is 1. The molecule has 2 atom stereocenters. The van der Waals surface area contributed by atoms with Gasteiger partial charge in [0.05, 0.1) is 27.8 Å². The molecule has 4 nitrogen and oxygen atoms in total. The molecule has 2 bridgehead atoms. The molecule has 2 N–H and O–H groups in total. The second-order valence-corrected chi connectivity index (χ2v) is 7.14. The minimum Gasteiger partial charge on any atom is -0.369 e. The minimum absolute atomic E-state index is 0.144. The van der Waals surface area contributed by atoms with Gasteiger partial charge in [-0.15, -0.1) is 0 Å². The molecule has 4 rings (SSSR count). The van der Waals surface area contributed by atoms with Gasteiger partial charge < -0.3 is 5.73 Å². The van der Waals surface area contributed by atoms with Crippen LogP contribution in [0.5, 0.6) is 0 Å². The van der Waals surface area contributed by atoms with E-state index in [-0.39, 0.29) is 16.7 Å². The molecule has 4 heteroatoms. The van der Waals surface area contributed by atoms with Crippen molar-refractivity contribution in [2.75, 3.05) is 0 Å². The van der Waals surface area contributed by atoms with Crippen molar-refractivity contribution in [3.63, 3.8) is 0 Å². The Balaban J connectivity index is 2.15. The van der Waals surface area contributed by atoms with Gasteiger partial charge >= 0.3 is 0 Å². The molecule has 0 spiro atoms. The van der Waals surface area contributed by atoms with Crippen molar-refractivity contribution in [3.05, 3.63) is 35.7 Å². The Morgan fingerprint density at radius 2 is 1.62 bits per heavy atom. The fourth-order valence-corrected chi connectivity index (χ4v) is 4.59. The molecule has 1 heterocycles. The summed E-state index contributed by atoms with van der Waals surface area (Å²) in [5, 5.41) is 0. The number of amides is 1. The first-order chi connectivity index (χ1) is 9.84. The third-order valence-electron chi connectivity index (χ3n) is 6.36. The summed E-state index contributed by atoms with van der Waals surface area (Å²) in [7, 11) is 0. The van der Waals surface area contributed by atoms with E-state index in [0.717, 1.165) is 35.3 Å². The number of carbonyl (C=O) groups is 1. The van der Waals surface area contributed by atoms with Crippen LogP contribution in [0.4, 0.5) is 0 Å². The Morgan fingerprint density at radius 3 is 2.19 bits per heavy atom.